The maximum atomic E-state index is 12.6. The van der Waals surface area contributed by atoms with Crippen molar-refractivity contribution in [2.45, 2.75) is 31.7 Å². The molecule has 0 fully saturated rings. The Hall–Kier alpha value is -3.02. The number of amides is 1. The van der Waals surface area contributed by atoms with Gasteiger partial charge in [-0.1, -0.05) is 29.4 Å². The molecule has 132 valence electrons. The van der Waals surface area contributed by atoms with Crippen LogP contribution >= 0.6 is 0 Å². The molecule has 0 radical (unpaired) electrons. The summed E-state index contributed by atoms with van der Waals surface area (Å²) in [5.41, 5.74) is 3.41. The van der Waals surface area contributed by atoms with E-state index in [2.05, 4.69) is 33.3 Å². The molecular formula is C20H20N4O2. The molecule has 6 nitrogen and oxygen atoms in total. The molecule has 6 heteroatoms. The highest BCUT2D eigenvalue weighted by atomic mass is 16.5. The fourth-order valence-corrected chi connectivity index (χ4v) is 3.47. The SMILES string of the molecule is CN(C(=O)CCc1nc(-c2cccnc2)no1)[C@H]1CCc2ccccc21. The van der Waals surface area contributed by atoms with Crippen molar-refractivity contribution in [2.24, 2.45) is 0 Å². The Morgan fingerprint density at radius 3 is 3.00 bits per heavy atom. The third kappa shape index (κ3) is 3.22. The van der Waals surface area contributed by atoms with Gasteiger partial charge in [0.05, 0.1) is 6.04 Å². The summed E-state index contributed by atoms with van der Waals surface area (Å²) in [5, 5.41) is 3.97. The summed E-state index contributed by atoms with van der Waals surface area (Å²) in [7, 11) is 1.88. The number of fused-ring (bicyclic) bond motifs is 1. The number of aromatic nitrogens is 3. The van der Waals surface area contributed by atoms with E-state index in [4.69, 9.17) is 4.52 Å². The highest BCUT2D eigenvalue weighted by Gasteiger charge is 2.28. The van der Waals surface area contributed by atoms with Gasteiger partial charge in [-0.25, -0.2) is 0 Å². The topological polar surface area (TPSA) is 72.1 Å². The highest BCUT2D eigenvalue weighted by Crippen LogP contribution is 2.35. The van der Waals surface area contributed by atoms with Crippen molar-refractivity contribution in [3.05, 3.63) is 65.8 Å². The van der Waals surface area contributed by atoms with Gasteiger partial charge in [0.1, 0.15) is 0 Å². The van der Waals surface area contributed by atoms with Crippen LogP contribution in [0.3, 0.4) is 0 Å². The highest BCUT2D eigenvalue weighted by molar-refractivity contribution is 5.76. The average Bonchev–Trinajstić information content (AvgIpc) is 3.33. The first-order valence-electron chi connectivity index (χ1n) is 8.79. The zero-order chi connectivity index (χ0) is 17.9. The summed E-state index contributed by atoms with van der Waals surface area (Å²) < 4.78 is 5.27. The minimum Gasteiger partial charge on any atom is -0.339 e. The Balaban J connectivity index is 1.38. The second kappa shape index (κ2) is 7.07. The van der Waals surface area contributed by atoms with Crippen LogP contribution in [0, 0.1) is 0 Å². The molecule has 26 heavy (non-hydrogen) atoms. The minimum absolute atomic E-state index is 0.0906. The number of hydrogen-bond donors (Lipinski definition) is 0. The largest absolute Gasteiger partial charge is 0.339 e. The number of carbonyl (C=O) groups excluding carboxylic acids is 1. The lowest BCUT2D eigenvalue weighted by atomic mass is 10.1. The van der Waals surface area contributed by atoms with Crippen LogP contribution in [0.25, 0.3) is 11.4 Å². The Kier molecular flexibility index (Phi) is 4.48. The van der Waals surface area contributed by atoms with Crippen LogP contribution in [-0.4, -0.2) is 33.0 Å². The van der Waals surface area contributed by atoms with E-state index in [1.807, 2.05) is 30.1 Å². The normalized spacial score (nSPS) is 15.7. The number of rotatable bonds is 5. The van der Waals surface area contributed by atoms with E-state index in [9.17, 15) is 4.79 Å². The van der Waals surface area contributed by atoms with Gasteiger partial charge in [-0.05, 0) is 36.1 Å². The summed E-state index contributed by atoms with van der Waals surface area (Å²) in [6, 6.07) is 12.2. The molecule has 0 bridgehead atoms. The average molecular weight is 348 g/mol. The van der Waals surface area contributed by atoms with Crippen molar-refractivity contribution in [3.63, 3.8) is 0 Å². The van der Waals surface area contributed by atoms with Gasteiger partial charge < -0.3 is 9.42 Å². The van der Waals surface area contributed by atoms with E-state index >= 15 is 0 Å². The standard InChI is InChI=1S/C20H20N4O2/c1-24(17-9-8-14-5-2-3-7-16(14)17)19(25)11-10-18-22-20(23-26-18)15-6-4-12-21-13-15/h2-7,12-13,17H,8-11H2,1H3/t17-/m0/s1. The van der Waals surface area contributed by atoms with E-state index < -0.39 is 0 Å². The van der Waals surface area contributed by atoms with Gasteiger partial charge in [-0.15, -0.1) is 0 Å². The molecule has 0 unspecified atom stereocenters. The van der Waals surface area contributed by atoms with Crippen molar-refractivity contribution < 1.29 is 9.32 Å². The van der Waals surface area contributed by atoms with Crippen LogP contribution in [-0.2, 0) is 17.6 Å². The molecule has 2 aromatic heterocycles. The monoisotopic (exact) mass is 348 g/mol. The van der Waals surface area contributed by atoms with Gasteiger partial charge in [-0.3, -0.25) is 9.78 Å². The van der Waals surface area contributed by atoms with E-state index in [0.717, 1.165) is 18.4 Å². The molecule has 0 N–H and O–H groups in total. The molecule has 1 aliphatic rings. The van der Waals surface area contributed by atoms with Gasteiger partial charge in [0.25, 0.3) is 0 Å². The molecule has 0 saturated carbocycles. The molecule has 0 spiro atoms. The zero-order valence-electron chi connectivity index (χ0n) is 14.6. The van der Waals surface area contributed by atoms with Crippen LogP contribution in [0.5, 0.6) is 0 Å². The summed E-state index contributed by atoms with van der Waals surface area (Å²) in [5.74, 6) is 1.06. The first-order valence-corrected chi connectivity index (χ1v) is 8.79. The summed E-state index contributed by atoms with van der Waals surface area (Å²) in [6.45, 7) is 0. The molecule has 1 aliphatic carbocycles. The molecule has 0 saturated heterocycles. The third-order valence-electron chi connectivity index (χ3n) is 4.90. The Labute approximate surface area is 151 Å². The van der Waals surface area contributed by atoms with Crippen LogP contribution in [0.4, 0.5) is 0 Å². The first-order chi connectivity index (χ1) is 12.7. The number of hydrogen-bond acceptors (Lipinski definition) is 5. The predicted octanol–water partition coefficient (Wildman–Crippen LogP) is 3.21. The van der Waals surface area contributed by atoms with Crippen molar-refractivity contribution in [2.75, 3.05) is 7.05 Å². The smallest absolute Gasteiger partial charge is 0.227 e. The Morgan fingerprint density at radius 2 is 2.15 bits per heavy atom. The quantitative estimate of drug-likeness (QED) is 0.708. The second-order valence-corrected chi connectivity index (χ2v) is 6.51. The first kappa shape index (κ1) is 16.4. The fraction of sp³-hybridized carbons (Fsp3) is 0.300. The lowest BCUT2D eigenvalue weighted by Gasteiger charge is -2.25. The number of benzene rings is 1. The van der Waals surface area contributed by atoms with Crippen LogP contribution in [0.2, 0.25) is 0 Å². The van der Waals surface area contributed by atoms with Gasteiger partial charge in [0.2, 0.25) is 17.6 Å². The lowest BCUT2D eigenvalue weighted by Crippen LogP contribution is -2.30. The van der Waals surface area contributed by atoms with Crippen molar-refractivity contribution in [1.82, 2.24) is 20.0 Å². The van der Waals surface area contributed by atoms with Crippen molar-refractivity contribution >= 4 is 5.91 Å². The molecule has 3 aromatic rings. The molecule has 2 heterocycles. The number of aryl methyl sites for hydroxylation is 2. The summed E-state index contributed by atoms with van der Waals surface area (Å²) in [4.78, 5) is 22.9. The number of carbonyl (C=O) groups is 1. The van der Waals surface area contributed by atoms with Crippen LogP contribution in [0.15, 0.2) is 53.3 Å². The fourth-order valence-electron chi connectivity index (χ4n) is 3.47. The Morgan fingerprint density at radius 1 is 1.27 bits per heavy atom. The van der Waals surface area contributed by atoms with Gasteiger partial charge in [0.15, 0.2) is 0 Å². The van der Waals surface area contributed by atoms with Gasteiger partial charge >= 0.3 is 0 Å². The third-order valence-corrected chi connectivity index (χ3v) is 4.90. The van der Waals surface area contributed by atoms with E-state index in [1.165, 1.54) is 11.1 Å². The molecule has 1 amide bonds. The maximum absolute atomic E-state index is 12.6. The van der Waals surface area contributed by atoms with Crippen molar-refractivity contribution in [3.8, 4) is 11.4 Å². The van der Waals surface area contributed by atoms with E-state index in [-0.39, 0.29) is 11.9 Å². The van der Waals surface area contributed by atoms with Gasteiger partial charge in [0, 0.05) is 37.8 Å². The van der Waals surface area contributed by atoms with E-state index in [0.29, 0.717) is 24.6 Å². The predicted molar refractivity (Wildman–Crippen MR) is 96.1 cm³/mol. The van der Waals surface area contributed by atoms with Crippen LogP contribution < -0.4 is 0 Å². The minimum atomic E-state index is 0.0906. The summed E-state index contributed by atoms with van der Waals surface area (Å²) >= 11 is 0. The van der Waals surface area contributed by atoms with Gasteiger partial charge in [-0.2, -0.15) is 4.98 Å². The maximum Gasteiger partial charge on any atom is 0.227 e. The van der Waals surface area contributed by atoms with Crippen molar-refractivity contribution in [1.29, 1.82) is 0 Å². The number of nitrogens with zero attached hydrogens (tertiary/aromatic N) is 4. The van der Waals surface area contributed by atoms with E-state index in [1.54, 1.807) is 12.4 Å². The summed E-state index contributed by atoms with van der Waals surface area (Å²) in [6.07, 6.45) is 6.17. The zero-order valence-corrected chi connectivity index (χ0v) is 14.6. The lowest BCUT2D eigenvalue weighted by molar-refractivity contribution is -0.132. The molecule has 1 aromatic carbocycles. The molecular weight excluding hydrogens is 328 g/mol. The molecule has 4 rings (SSSR count). The molecule has 0 aliphatic heterocycles. The molecule has 1 atom stereocenters. The van der Waals surface area contributed by atoms with Crippen LogP contribution in [0.1, 0.15) is 35.9 Å². The Bertz CT molecular complexity index is 907. The second-order valence-electron chi connectivity index (χ2n) is 6.51. The number of pyridine rings is 1.